The van der Waals surface area contributed by atoms with E-state index in [-0.39, 0.29) is 18.2 Å². The van der Waals surface area contributed by atoms with Gasteiger partial charge in [-0.3, -0.25) is 4.79 Å². The van der Waals surface area contributed by atoms with Gasteiger partial charge in [0.1, 0.15) is 12.4 Å². The maximum Gasteiger partial charge on any atom is 0.244 e. The van der Waals surface area contributed by atoms with Crippen LogP contribution in [-0.2, 0) is 27.1 Å². The van der Waals surface area contributed by atoms with Gasteiger partial charge in [0.15, 0.2) is 5.82 Å². The lowest BCUT2D eigenvalue weighted by Crippen LogP contribution is -2.51. The molecule has 0 N–H and O–H groups in total. The molecule has 9 heteroatoms. The lowest BCUT2D eigenvalue weighted by Gasteiger charge is -2.34. The first-order valence-corrected chi connectivity index (χ1v) is 11.8. The monoisotopic (exact) mass is 439 g/mol. The number of aromatic nitrogens is 3. The Labute approximate surface area is 182 Å². The van der Waals surface area contributed by atoms with Crippen LogP contribution in [0.5, 0.6) is 0 Å². The van der Waals surface area contributed by atoms with Crippen molar-refractivity contribution in [3.05, 3.63) is 72.1 Å². The number of piperazine rings is 1. The van der Waals surface area contributed by atoms with Gasteiger partial charge in [-0.05, 0) is 12.5 Å². The van der Waals surface area contributed by atoms with E-state index in [1.807, 2.05) is 60.7 Å². The summed E-state index contributed by atoms with van der Waals surface area (Å²) in [7, 11) is -3.42. The lowest BCUT2D eigenvalue weighted by atomic mass is 10.2. The minimum atomic E-state index is -3.42. The summed E-state index contributed by atoms with van der Waals surface area (Å²) in [5.41, 5.74) is 1.66. The highest BCUT2D eigenvalue weighted by molar-refractivity contribution is 7.88. The summed E-state index contributed by atoms with van der Waals surface area (Å²) in [5.74, 6) is 1.13. The van der Waals surface area contributed by atoms with E-state index in [0.717, 1.165) is 11.1 Å². The minimum absolute atomic E-state index is 0.0273. The van der Waals surface area contributed by atoms with Crippen LogP contribution in [0, 0.1) is 6.92 Å². The number of hydrogen-bond donors (Lipinski definition) is 0. The predicted octanol–water partition coefficient (Wildman–Crippen LogP) is 1.93. The van der Waals surface area contributed by atoms with E-state index in [2.05, 4.69) is 10.1 Å². The molecular weight excluding hydrogens is 414 g/mol. The van der Waals surface area contributed by atoms with Crippen molar-refractivity contribution < 1.29 is 13.2 Å². The summed E-state index contributed by atoms with van der Waals surface area (Å²) < 4.78 is 28.5. The molecule has 8 nitrogen and oxygen atoms in total. The molecule has 1 aromatic heterocycles. The normalized spacial score (nSPS) is 15.2. The third-order valence-corrected chi connectivity index (χ3v) is 7.12. The Morgan fingerprint density at radius 1 is 0.935 bits per heavy atom. The van der Waals surface area contributed by atoms with E-state index < -0.39 is 10.0 Å². The predicted molar refractivity (Wildman–Crippen MR) is 117 cm³/mol. The molecule has 1 aliphatic rings. The van der Waals surface area contributed by atoms with E-state index >= 15 is 0 Å². The second kappa shape index (κ2) is 8.99. The molecule has 0 aliphatic carbocycles. The van der Waals surface area contributed by atoms with Gasteiger partial charge < -0.3 is 4.90 Å². The van der Waals surface area contributed by atoms with Gasteiger partial charge in [0.05, 0.1) is 5.75 Å². The van der Waals surface area contributed by atoms with E-state index in [4.69, 9.17) is 0 Å². The highest BCUT2D eigenvalue weighted by atomic mass is 32.2. The first-order valence-electron chi connectivity index (χ1n) is 10.2. The molecule has 0 unspecified atom stereocenters. The van der Waals surface area contributed by atoms with Crippen molar-refractivity contribution in [1.29, 1.82) is 0 Å². The Morgan fingerprint density at radius 2 is 1.55 bits per heavy atom. The van der Waals surface area contributed by atoms with E-state index in [9.17, 15) is 13.2 Å². The fourth-order valence-electron chi connectivity index (χ4n) is 3.69. The number of nitrogens with zero attached hydrogens (tertiary/aromatic N) is 5. The summed E-state index contributed by atoms with van der Waals surface area (Å²) in [6, 6.07) is 18.8. The van der Waals surface area contributed by atoms with Gasteiger partial charge in [-0.1, -0.05) is 60.7 Å². The molecule has 2 aromatic carbocycles. The third kappa shape index (κ3) is 5.00. The summed E-state index contributed by atoms with van der Waals surface area (Å²) in [4.78, 5) is 19.0. The number of carbonyl (C=O) groups excluding carboxylic acids is 1. The Kier molecular flexibility index (Phi) is 6.15. The molecule has 4 rings (SSSR count). The van der Waals surface area contributed by atoms with Crippen molar-refractivity contribution in [3.63, 3.8) is 0 Å². The Balaban J connectivity index is 1.38. The van der Waals surface area contributed by atoms with Gasteiger partial charge in [-0.2, -0.15) is 9.40 Å². The Bertz CT molecular complexity index is 1140. The van der Waals surface area contributed by atoms with Crippen LogP contribution in [0.25, 0.3) is 11.4 Å². The SMILES string of the molecule is Cc1nc(-c2ccccc2)n(CC(=O)N2CCN(S(=O)(=O)Cc3ccccc3)CC2)n1. The zero-order valence-electron chi connectivity index (χ0n) is 17.4. The number of sulfonamides is 1. The maximum atomic E-state index is 12.9. The number of aryl methyl sites for hydroxylation is 1. The molecule has 0 spiro atoms. The molecule has 0 atom stereocenters. The van der Waals surface area contributed by atoms with Crippen LogP contribution in [0.1, 0.15) is 11.4 Å². The number of carbonyl (C=O) groups is 1. The van der Waals surface area contributed by atoms with E-state index in [1.165, 1.54) is 4.31 Å². The summed E-state index contributed by atoms with van der Waals surface area (Å²) in [5, 5.41) is 4.37. The zero-order chi connectivity index (χ0) is 21.8. The quantitative estimate of drug-likeness (QED) is 0.586. The Morgan fingerprint density at radius 3 is 2.19 bits per heavy atom. The summed E-state index contributed by atoms with van der Waals surface area (Å²) in [6.07, 6.45) is 0. The first-order chi connectivity index (χ1) is 14.9. The highest BCUT2D eigenvalue weighted by Gasteiger charge is 2.29. The summed E-state index contributed by atoms with van der Waals surface area (Å²) in [6.45, 7) is 3.18. The lowest BCUT2D eigenvalue weighted by molar-refractivity contribution is -0.133. The van der Waals surface area contributed by atoms with Crippen molar-refractivity contribution >= 4 is 15.9 Å². The Hall–Kier alpha value is -3.04. The van der Waals surface area contributed by atoms with Crippen LogP contribution in [0.2, 0.25) is 0 Å². The van der Waals surface area contributed by atoms with E-state index in [1.54, 1.807) is 16.5 Å². The average molecular weight is 440 g/mol. The summed E-state index contributed by atoms with van der Waals surface area (Å²) >= 11 is 0. The highest BCUT2D eigenvalue weighted by Crippen LogP contribution is 2.18. The molecule has 1 saturated heterocycles. The van der Waals surface area contributed by atoms with E-state index in [0.29, 0.717) is 37.8 Å². The fraction of sp³-hybridized carbons (Fsp3) is 0.318. The molecule has 3 aromatic rings. The molecule has 0 saturated carbocycles. The standard InChI is InChI=1S/C22H25N5O3S/c1-18-23-22(20-10-6-3-7-11-20)27(24-18)16-21(28)25-12-14-26(15-13-25)31(29,30)17-19-8-4-2-5-9-19/h2-11H,12-17H2,1H3. The number of hydrogen-bond acceptors (Lipinski definition) is 5. The molecular formula is C22H25N5O3S. The first kappa shape index (κ1) is 21.2. The second-order valence-electron chi connectivity index (χ2n) is 7.53. The van der Waals surface area contributed by atoms with Gasteiger partial charge in [0, 0.05) is 31.7 Å². The average Bonchev–Trinajstić information content (AvgIpc) is 3.15. The van der Waals surface area contributed by atoms with Crippen LogP contribution < -0.4 is 0 Å². The van der Waals surface area contributed by atoms with Gasteiger partial charge in [-0.25, -0.2) is 18.1 Å². The molecule has 2 heterocycles. The fourth-order valence-corrected chi connectivity index (χ4v) is 5.20. The number of benzene rings is 2. The minimum Gasteiger partial charge on any atom is -0.338 e. The molecule has 0 bridgehead atoms. The smallest absolute Gasteiger partial charge is 0.244 e. The largest absolute Gasteiger partial charge is 0.338 e. The molecule has 1 fully saturated rings. The van der Waals surface area contributed by atoms with Crippen LogP contribution in [0.15, 0.2) is 60.7 Å². The third-order valence-electron chi connectivity index (χ3n) is 5.27. The van der Waals surface area contributed by atoms with Crippen molar-refractivity contribution in [2.45, 2.75) is 19.2 Å². The zero-order valence-corrected chi connectivity index (χ0v) is 18.2. The molecule has 162 valence electrons. The number of rotatable bonds is 6. The molecule has 0 radical (unpaired) electrons. The van der Waals surface area contributed by atoms with Crippen LogP contribution >= 0.6 is 0 Å². The van der Waals surface area contributed by atoms with Crippen molar-refractivity contribution in [2.75, 3.05) is 26.2 Å². The van der Waals surface area contributed by atoms with Gasteiger partial charge >= 0.3 is 0 Å². The molecule has 1 amide bonds. The van der Waals surface area contributed by atoms with Gasteiger partial charge in [0.2, 0.25) is 15.9 Å². The maximum absolute atomic E-state index is 12.9. The van der Waals surface area contributed by atoms with Crippen LogP contribution in [0.4, 0.5) is 0 Å². The van der Waals surface area contributed by atoms with Crippen molar-refractivity contribution in [2.24, 2.45) is 0 Å². The van der Waals surface area contributed by atoms with Crippen LogP contribution in [0.3, 0.4) is 0 Å². The topological polar surface area (TPSA) is 88.4 Å². The van der Waals surface area contributed by atoms with Gasteiger partial charge in [0.25, 0.3) is 0 Å². The second-order valence-corrected chi connectivity index (χ2v) is 9.50. The molecule has 31 heavy (non-hydrogen) atoms. The van der Waals surface area contributed by atoms with Crippen LogP contribution in [-0.4, -0.2) is 64.5 Å². The van der Waals surface area contributed by atoms with Crippen molar-refractivity contribution in [3.8, 4) is 11.4 Å². The number of amides is 1. The molecule has 1 aliphatic heterocycles. The van der Waals surface area contributed by atoms with Crippen molar-refractivity contribution in [1.82, 2.24) is 24.0 Å². The van der Waals surface area contributed by atoms with Gasteiger partial charge in [-0.15, -0.1) is 0 Å².